The molecular formula is C15H24O2. The topological polar surface area (TPSA) is 37.3 Å². The van der Waals surface area contributed by atoms with Gasteiger partial charge in [0.25, 0.3) is 0 Å². The summed E-state index contributed by atoms with van der Waals surface area (Å²) in [5.41, 5.74) is 1.46. The maximum atomic E-state index is 11.2. The first kappa shape index (κ1) is 12.7. The van der Waals surface area contributed by atoms with Crippen LogP contribution in [0.2, 0.25) is 0 Å². The van der Waals surface area contributed by atoms with Gasteiger partial charge in [0.15, 0.2) is 0 Å². The van der Waals surface area contributed by atoms with Crippen LogP contribution in [0.25, 0.3) is 0 Å². The number of aliphatic carboxylic acids is 1. The van der Waals surface area contributed by atoms with Gasteiger partial charge in [0, 0.05) is 0 Å². The molecule has 0 aromatic carbocycles. The molecule has 0 bridgehead atoms. The largest absolute Gasteiger partial charge is 0.481 e. The van der Waals surface area contributed by atoms with Gasteiger partial charge in [-0.3, -0.25) is 4.79 Å². The van der Waals surface area contributed by atoms with E-state index in [4.69, 9.17) is 0 Å². The highest BCUT2D eigenvalue weighted by Crippen LogP contribution is 2.47. The fourth-order valence-electron chi connectivity index (χ4n) is 3.86. The highest BCUT2D eigenvalue weighted by Gasteiger charge is 2.41. The number of carboxylic acids is 1. The van der Waals surface area contributed by atoms with Gasteiger partial charge in [0.2, 0.25) is 0 Å². The van der Waals surface area contributed by atoms with Crippen LogP contribution < -0.4 is 0 Å². The zero-order chi connectivity index (χ0) is 12.6. The second-order valence-corrected chi connectivity index (χ2v) is 6.14. The van der Waals surface area contributed by atoms with Gasteiger partial charge in [-0.1, -0.05) is 31.9 Å². The summed E-state index contributed by atoms with van der Waals surface area (Å²) in [6.07, 6.45) is 7.14. The van der Waals surface area contributed by atoms with Crippen molar-refractivity contribution >= 4 is 5.97 Å². The number of hydrogen-bond donors (Lipinski definition) is 1. The standard InChI is InChI=1S/C15H24O2/c1-9-4-6-12-10(2)5-7-13(14(12)8-9)11(3)15(16)17/h8,10-14H,4-7H2,1-3H3,(H,16,17)/t10-,11?,12?,13+,14?/m1/s1. The summed E-state index contributed by atoms with van der Waals surface area (Å²) >= 11 is 0. The van der Waals surface area contributed by atoms with Gasteiger partial charge in [0.1, 0.15) is 0 Å². The maximum Gasteiger partial charge on any atom is 0.306 e. The molecule has 5 atom stereocenters. The van der Waals surface area contributed by atoms with Gasteiger partial charge >= 0.3 is 5.97 Å². The predicted octanol–water partition coefficient (Wildman–Crippen LogP) is 3.73. The van der Waals surface area contributed by atoms with Crippen LogP contribution in [0.5, 0.6) is 0 Å². The summed E-state index contributed by atoms with van der Waals surface area (Å²) in [4.78, 5) is 11.2. The highest BCUT2D eigenvalue weighted by atomic mass is 16.4. The Kier molecular flexibility index (Phi) is 3.60. The van der Waals surface area contributed by atoms with Crippen molar-refractivity contribution in [2.24, 2.45) is 29.6 Å². The zero-order valence-corrected chi connectivity index (χ0v) is 11.1. The summed E-state index contributed by atoms with van der Waals surface area (Å²) in [5.74, 6) is 1.53. The third-order valence-corrected chi connectivity index (χ3v) is 5.06. The van der Waals surface area contributed by atoms with Crippen molar-refractivity contribution in [2.45, 2.75) is 46.5 Å². The van der Waals surface area contributed by atoms with Crippen LogP contribution in [0.4, 0.5) is 0 Å². The molecule has 2 aliphatic carbocycles. The van der Waals surface area contributed by atoms with Crippen LogP contribution in [0, 0.1) is 29.6 Å². The molecule has 0 radical (unpaired) electrons. The molecule has 1 N–H and O–H groups in total. The fraction of sp³-hybridized carbons (Fsp3) is 0.800. The third kappa shape index (κ3) is 2.41. The van der Waals surface area contributed by atoms with Crippen LogP contribution in [0.3, 0.4) is 0 Å². The summed E-state index contributed by atoms with van der Waals surface area (Å²) < 4.78 is 0. The molecule has 17 heavy (non-hydrogen) atoms. The van der Waals surface area contributed by atoms with Gasteiger partial charge in [-0.15, -0.1) is 0 Å². The lowest BCUT2D eigenvalue weighted by Gasteiger charge is -2.44. The normalized spacial score (nSPS) is 39.1. The Hall–Kier alpha value is -0.790. The van der Waals surface area contributed by atoms with Crippen molar-refractivity contribution in [3.05, 3.63) is 11.6 Å². The molecule has 0 aromatic rings. The van der Waals surface area contributed by atoms with Crippen LogP contribution in [0.15, 0.2) is 11.6 Å². The molecule has 0 saturated heterocycles. The van der Waals surface area contributed by atoms with Gasteiger partial charge < -0.3 is 5.11 Å². The molecule has 96 valence electrons. The van der Waals surface area contributed by atoms with E-state index in [0.717, 1.165) is 18.3 Å². The molecule has 1 saturated carbocycles. The van der Waals surface area contributed by atoms with E-state index < -0.39 is 5.97 Å². The average Bonchev–Trinajstić information content (AvgIpc) is 2.28. The Morgan fingerprint density at radius 2 is 2.12 bits per heavy atom. The van der Waals surface area contributed by atoms with Crippen LogP contribution in [-0.4, -0.2) is 11.1 Å². The van der Waals surface area contributed by atoms with E-state index in [0.29, 0.717) is 11.8 Å². The molecule has 0 heterocycles. The summed E-state index contributed by atoms with van der Waals surface area (Å²) in [7, 11) is 0. The highest BCUT2D eigenvalue weighted by molar-refractivity contribution is 5.70. The van der Waals surface area contributed by atoms with E-state index in [-0.39, 0.29) is 5.92 Å². The molecule has 1 fully saturated rings. The van der Waals surface area contributed by atoms with Crippen molar-refractivity contribution in [1.29, 1.82) is 0 Å². The number of carboxylic acid groups (broad SMARTS) is 1. The lowest BCUT2D eigenvalue weighted by molar-refractivity contribution is -0.144. The van der Waals surface area contributed by atoms with Crippen molar-refractivity contribution in [1.82, 2.24) is 0 Å². The molecule has 2 aliphatic rings. The van der Waals surface area contributed by atoms with E-state index >= 15 is 0 Å². The van der Waals surface area contributed by atoms with Crippen LogP contribution in [-0.2, 0) is 4.79 Å². The van der Waals surface area contributed by atoms with E-state index in [1.165, 1.54) is 24.8 Å². The van der Waals surface area contributed by atoms with Crippen LogP contribution >= 0.6 is 0 Å². The number of allylic oxidation sites excluding steroid dienone is 2. The predicted molar refractivity (Wildman–Crippen MR) is 68.7 cm³/mol. The summed E-state index contributed by atoms with van der Waals surface area (Å²) in [6, 6.07) is 0. The van der Waals surface area contributed by atoms with Crippen molar-refractivity contribution < 1.29 is 9.90 Å². The molecule has 2 heteroatoms. The van der Waals surface area contributed by atoms with Crippen molar-refractivity contribution in [2.75, 3.05) is 0 Å². The molecule has 2 rings (SSSR count). The molecule has 0 aliphatic heterocycles. The molecule has 0 spiro atoms. The Morgan fingerprint density at radius 3 is 2.76 bits per heavy atom. The Morgan fingerprint density at radius 1 is 1.41 bits per heavy atom. The lowest BCUT2D eigenvalue weighted by Crippen LogP contribution is -2.39. The quantitative estimate of drug-likeness (QED) is 0.742. The fourth-order valence-corrected chi connectivity index (χ4v) is 3.86. The minimum atomic E-state index is -0.625. The van der Waals surface area contributed by atoms with E-state index in [2.05, 4.69) is 19.9 Å². The maximum absolute atomic E-state index is 11.2. The first-order valence-corrected chi connectivity index (χ1v) is 6.90. The molecule has 3 unspecified atom stereocenters. The zero-order valence-electron chi connectivity index (χ0n) is 11.1. The number of carbonyl (C=O) groups is 1. The minimum absolute atomic E-state index is 0.197. The first-order chi connectivity index (χ1) is 8.00. The lowest BCUT2D eigenvalue weighted by atomic mass is 9.60. The second kappa shape index (κ2) is 4.83. The SMILES string of the molecule is CC1=CC2C(CC1)[C@H](C)CC[C@H]2C(C)C(=O)O. The minimum Gasteiger partial charge on any atom is -0.481 e. The van der Waals surface area contributed by atoms with Gasteiger partial charge in [-0.2, -0.15) is 0 Å². The van der Waals surface area contributed by atoms with E-state index in [9.17, 15) is 9.90 Å². The number of rotatable bonds is 2. The Bertz CT molecular complexity index is 332. The first-order valence-electron chi connectivity index (χ1n) is 6.90. The molecule has 0 amide bonds. The van der Waals surface area contributed by atoms with E-state index in [1.807, 2.05) is 6.92 Å². The Labute approximate surface area is 104 Å². The smallest absolute Gasteiger partial charge is 0.306 e. The van der Waals surface area contributed by atoms with Gasteiger partial charge in [0.05, 0.1) is 5.92 Å². The van der Waals surface area contributed by atoms with Crippen molar-refractivity contribution in [3.63, 3.8) is 0 Å². The van der Waals surface area contributed by atoms with Gasteiger partial charge in [-0.05, 0) is 49.9 Å². The van der Waals surface area contributed by atoms with E-state index in [1.54, 1.807) is 0 Å². The molecule has 2 nitrogen and oxygen atoms in total. The molecule has 0 aromatic heterocycles. The number of fused-ring (bicyclic) bond motifs is 1. The average molecular weight is 236 g/mol. The second-order valence-electron chi connectivity index (χ2n) is 6.14. The summed E-state index contributed by atoms with van der Waals surface area (Å²) in [5, 5.41) is 9.24. The molecular weight excluding hydrogens is 212 g/mol. The summed E-state index contributed by atoms with van der Waals surface area (Å²) in [6.45, 7) is 6.42. The monoisotopic (exact) mass is 236 g/mol. The third-order valence-electron chi connectivity index (χ3n) is 5.06. The number of hydrogen-bond acceptors (Lipinski definition) is 1. The van der Waals surface area contributed by atoms with Crippen molar-refractivity contribution in [3.8, 4) is 0 Å². The van der Waals surface area contributed by atoms with Crippen LogP contribution in [0.1, 0.15) is 46.5 Å². The Balaban J connectivity index is 2.22. The van der Waals surface area contributed by atoms with Gasteiger partial charge in [-0.25, -0.2) is 0 Å².